The van der Waals surface area contributed by atoms with Gasteiger partial charge < -0.3 is 14.8 Å². The number of nitrogens with one attached hydrogen (secondary N) is 1. The molecular formula is C26H33N5O3. The summed E-state index contributed by atoms with van der Waals surface area (Å²) in [6, 6.07) is 7.68. The number of unbranched alkanes of at least 4 members (excludes halogenated alkanes) is 1. The molecule has 0 bridgehead atoms. The summed E-state index contributed by atoms with van der Waals surface area (Å²) in [5, 5.41) is 7.82. The molecule has 1 N–H and O–H groups in total. The highest BCUT2D eigenvalue weighted by molar-refractivity contribution is 5.91. The van der Waals surface area contributed by atoms with Crippen molar-refractivity contribution in [3.63, 3.8) is 0 Å². The molecule has 1 aromatic carbocycles. The van der Waals surface area contributed by atoms with E-state index < -0.39 is 0 Å². The molecule has 3 heterocycles. The molecular weight excluding hydrogens is 430 g/mol. The van der Waals surface area contributed by atoms with E-state index in [0.717, 1.165) is 48.2 Å². The standard InChI is InChI=1S/C26H33N5O3/c1-5-6-10-33-25(32)21-9-7-8-20(13-21)24-17(2)14-27-26(30-24)29-22-15-28-31(16-22)23-11-18(3)34-19(4)12-23/h7-9,13-16,18-19,23H,5-6,10-12H2,1-4H3,(H,27,29,30). The van der Waals surface area contributed by atoms with Crippen LogP contribution in [-0.2, 0) is 9.47 Å². The number of carbonyl (C=O) groups excluding carboxylic acids is 1. The van der Waals surface area contributed by atoms with Crippen LogP contribution in [0.3, 0.4) is 0 Å². The van der Waals surface area contributed by atoms with Gasteiger partial charge in [0.1, 0.15) is 0 Å². The van der Waals surface area contributed by atoms with Gasteiger partial charge in [0, 0.05) is 18.0 Å². The molecule has 2 atom stereocenters. The average molecular weight is 464 g/mol. The Morgan fingerprint density at radius 3 is 2.79 bits per heavy atom. The largest absolute Gasteiger partial charge is 0.462 e. The summed E-state index contributed by atoms with van der Waals surface area (Å²) in [5.74, 6) is 0.161. The van der Waals surface area contributed by atoms with E-state index in [1.54, 1.807) is 18.5 Å². The number of rotatable bonds is 8. The number of benzene rings is 1. The van der Waals surface area contributed by atoms with Crippen LogP contribution in [0.2, 0.25) is 0 Å². The van der Waals surface area contributed by atoms with Crippen LogP contribution < -0.4 is 5.32 Å². The number of ether oxygens (including phenoxy) is 2. The molecule has 0 aliphatic carbocycles. The van der Waals surface area contributed by atoms with Gasteiger partial charge in [-0.15, -0.1) is 0 Å². The maximum atomic E-state index is 12.4. The number of carbonyl (C=O) groups is 1. The molecule has 0 radical (unpaired) electrons. The van der Waals surface area contributed by atoms with Gasteiger partial charge >= 0.3 is 5.97 Å². The van der Waals surface area contributed by atoms with E-state index in [1.807, 2.05) is 36.0 Å². The highest BCUT2D eigenvalue weighted by Crippen LogP contribution is 2.30. The van der Waals surface area contributed by atoms with Crippen molar-refractivity contribution in [2.45, 2.75) is 71.6 Å². The molecule has 4 rings (SSSR count). The molecule has 1 saturated heterocycles. The van der Waals surface area contributed by atoms with Crippen LogP contribution >= 0.6 is 0 Å². The summed E-state index contributed by atoms with van der Waals surface area (Å²) < 4.78 is 13.2. The second-order valence-corrected chi connectivity index (χ2v) is 9.01. The van der Waals surface area contributed by atoms with E-state index in [2.05, 4.69) is 36.2 Å². The van der Waals surface area contributed by atoms with Crippen molar-refractivity contribution in [1.82, 2.24) is 19.7 Å². The predicted molar refractivity (Wildman–Crippen MR) is 131 cm³/mol. The number of aromatic nitrogens is 4. The summed E-state index contributed by atoms with van der Waals surface area (Å²) in [7, 11) is 0. The van der Waals surface area contributed by atoms with E-state index in [1.165, 1.54) is 0 Å². The van der Waals surface area contributed by atoms with Crippen LogP contribution in [0.5, 0.6) is 0 Å². The fourth-order valence-electron chi connectivity index (χ4n) is 4.30. The average Bonchev–Trinajstić information content (AvgIpc) is 3.28. The second kappa shape index (κ2) is 10.8. The second-order valence-electron chi connectivity index (χ2n) is 9.01. The van der Waals surface area contributed by atoms with Gasteiger partial charge in [-0.25, -0.2) is 14.8 Å². The lowest BCUT2D eigenvalue weighted by Crippen LogP contribution is -2.31. The van der Waals surface area contributed by atoms with Crippen LogP contribution in [0.25, 0.3) is 11.3 Å². The minimum atomic E-state index is -0.315. The summed E-state index contributed by atoms with van der Waals surface area (Å²) in [5.41, 5.74) is 3.87. The molecule has 0 amide bonds. The molecule has 180 valence electrons. The highest BCUT2D eigenvalue weighted by atomic mass is 16.5. The van der Waals surface area contributed by atoms with Gasteiger partial charge in [0.05, 0.1) is 48.0 Å². The fraction of sp³-hybridized carbons (Fsp3) is 0.462. The Labute approximate surface area is 200 Å². The molecule has 1 aliphatic heterocycles. The number of anilines is 2. The molecule has 2 unspecified atom stereocenters. The summed E-state index contributed by atoms with van der Waals surface area (Å²) >= 11 is 0. The van der Waals surface area contributed by atoms with Crippen molar-refractivity contribution in [2.24, 2.45) is 0 Å². The van der Waals surface area contributed by atoms with Crippen molar-refractivity contribution in [3.8, 4) is 11.3 Å². The Balaban J connectivity index is 1.50. The van der Waals surface area contributed by atoms with E-state index in [9.17, 15) is 4.79 Å². The van der Waals surface area contributed by atoms with Crippen LogP contribution in [0, 0.1) is 6.92 Å². The van der Waals surface area contributed by atoms with Crippen molar-refractivity contribution in [1.29, 1.82) is 0 Å². The first kappa shape index (κ1) is 23.9. The first-order valence-electron chi connectivity index (χ1n) is 12.0. The Morgan fingerprint density at radius 2 is 2.03 bits per heavy atom. The quantitative estimate of drug-likeness (QED) is 0.349. The molecule has 8 nitrogen and oxygen atoms in total. The maximum Gasteiger partial charge on any atom is 0.338 e. The van der Waals surface area contributed by atoms with Gasteiger partial charge in [-0.3, -0.25) is 4.68 Å². The lowest BCUT2D eigenvalue weighted by atomic mass is 10.0. The number of nitrogens with zero attached hydrogens (tertiary/aromatic N) is 4. The van der Waals surface area contributed by atoms with Gasteiger partial charge in [-0.1, -0.05) is 25.5 Å². The Hall–Kier alpha value is -3.26. The van der Waals surface area contributed by atoms with Crippen LogP contribution in [-0.4, -0.2) is 44.5 Å². The zero-order valence-corrected chi connectivity index (χ0v) is 20.3. The smallest absolute Gasteiger partial charge is 0.338 e. The minimum Gasteiger partial charge on any atom is -0.462 e. The van der Waals surface area contributed by atoms with Gasteiger partial charge in [0.15, 0.2) is 0 Å². The summed E-state index contributed by atoms with van der Waals surface area (Å²) in [6.45, 7) is 8.66. The third-order valence-electron chi connectivity index (χ3n) is 5.98. The van der Waals surface area contributed by atoms with E-state index in [0.29, 0.717) is 24.2 Å². The molecule has 34 heavy (non-hydrogen) atoms. The van der Waals surface area contributed by atoms with Gasteiger partial charge in [-0.05, 0) is 57.7 Å². The molecule has 2 aromatic heterocycles. The highest BCUT2D eigenvalue weighted by Gasteiger charge is 2.26. The third kappa shape index (κ3) is 5.80. The van der Waals surface area contributed by atoms with Crippen molar-refractivity contribution < 1.29 is 14.3 Å². The molecule has 3 aromatic rings. The third-order valence-corrected chi connectivity index (χ3v) is 5.98. The van der Waals surface area contributed by atoms with Gasteiger partial charge in [0.25, 0.3) is 0 Å². The first-order chi connectivity index (χ1) is 16.4. The van der Waals surface area contributed by atoms with Crippen LogP contribution in [0.15, 0.2) is 42.9 Å². The van der Waals surface area contributed by atoms with Gasteiger partial charge in [-0.2, -0.15) is 5.10 Å². The lowest BCUT2D eigenvalue weighted by Gasteiger charge is -2.32. The van der Waals surface area contributed by atoms with Gasteiger partial charge in [0.2, 0.25) is 5.95 Å². The zero-order chi connectivity index (χ0) is 24.1. The Morgan fingerprint density at radius 1 is 1.24 bits per heavy atom. The topological polar surface area (TPSA) is 91.2 Å². The molecule has 0 spiro atoms. The van der Waals surface area contributed by atoms with Crippen LogP contribution in [0.1, 0.15) is 68.4 Å². The van der Waals surface area contributed by atoms with E-state index in [-0.39, 0.29) is 18.2 Å². The van der Waals surface area contributed by atoms with E-state index >= 15 is 0 Å². The van der Waals surface area contributed by atoms with E-state index in [4.69, 9.17) is 14.5 Å². The lowest BCUT2D eigenvalue weighted by molar-refractivity contribution is -0.0506. The maximum absolute atomic E-state index is 12.4. The normalized spacial score (nSPS) is 20.2. The monoisotopic (exact) mass is 463 g/mol. The first-order valence-corrected chi connectivity index (χ1v) is 12.0. The number of hydrogen-bond acceptors (Lipinski definition) is 7. The zero-order valence-electron chi connectivity index (χ0n) is 20.3. The summed E-state index contributed by atoms with van der Waals surface area (Å²) in [4.78, 5) is 21.6. The molecule has 0 saturated carbocycles. The predicted octanol–water partition coefficient (Wildman–Crippen LogP) is 5.48. The summed E-state index contributed by atoms with van der Waals surface area (Å²) in [6.07, 6.45) is 9.72. The molecule has 1 aliphatic rings. The fourth-order valence-corrected chi connectivity index (χ4v) is 4.30. The Kier molecular flexibility index (Phi) is 7.57. The van der Waals surface area contributed by atoms with Crippen molar-refractivity contribution in [2.75, 3.05) is 11.9 Å². The number of aryl methyl sites for hydroxylation is 1. The number of esters is 1. The molecule has 1 fully saturated rings. The number of hydrogen-bond donors (Lipinski definition) is 1. The van der Waals surface area contributed by atoms with Crippen LogP contribution in [0.4, 0.5) is 11.6 Å². The minimum absolute atomic E-state index is 0.219. The molecule has 8 heteroatoms. The van der Waals surface area contributed by atoms with Crippen molar-refractivity contribution >= 4 is 17.6 Å². The Bertz CT molecular complexity index is 1120. The SMILES string of the molecule is CCCCOC(=O)c1cccc(-c2nc(Nc3cnn(C4CC(C)OC(C)C4)c3)ncc2C)c1. The van der Waals surface area contributed by atoms with Crippen molar-refractivity contribution in [3.05, 3.63) is 54.0 Å².